The predicted molar refractivity (Wildman–Crippen MR) is 51.4 cm³/mol. The molecule has 0 aromatic carbocycles. The molecule has 0 spiro atoms. The minimum atomic E-state index is -0.926. The van der Waals surface area contributed by atoms with E-state index in [4.69, 9.17) is 11.5 Å². The summed E-state index contributed by atoms with van der Waals surface area (Å²) in [5, 5.41) is 0. The van der Waals surface area contributed by atoms with Gasteiger partial charge in [0.25, 0.3) is 0 Å². The van der Waals surface area contributed by atoms with Gasteiger partial charge in [0, 0.05) is 26.7 Å². The fourth-order valence-electron chi connectivity index (χ4n) is 1.27. The number of likely N-dealkylation sites (N-methyl/N-ethyl adjacent to an activating group) is 1. The van der Waals surface area contributed by atoms with Crippen molar-refractivity contribution < 1.29 is 14.4 Å². The molecular formula is C8H14N4O3. The average Bonchev–Trinajstić information content (AvgIpc) is 2.18. The third kappa shape index (κ3) is 2.44. The van der Waals surface area contributed by atoms with Crippen molar-refractivity contribution in [2.75, 3.05) is 26.7 Å². The van der Waals surface area contributed by atoms with Crippen molar-refractivity contribution in [3.8, 4) is 0 Å². The van der Waals surface area contributed by atoms with Crippen LogP contribution in [0.3, 0.4) is 0 Å². The molecule has 1 fully saturated rings. The number of hydrogen-bond acceptors (Lipinski definition) is 4. The highest BCUT2D eigenvalue weighted by molar-refractivity contribution is 6.35. The summed E-state index contributed by atoms with van der Waals surface area (Å²) in [7, 11) is 1.55. The van der Waals surface area contributed by atoms with Crippen LogP contribution in [-0.2, 0) is 14.4 Å². The molecule has 1 saturated heterocycles. The molecule has 7 heteroatoms. The van der Waals surface area contributed by atoms with E-state index >= 15 is 0 Å². The van der Waals surface area contributed by atoms with Gasteiger partial charge in [0.2, 0.25) is 5.91 Å². The third-order valence-corrected chi connectivity index (χ3v) is 2.30. The molecule has 3 amide bonds. The van der Waals surface area contributed by atoms with Gasteiger partial charge in [-0.15, -0.1) is 0 Å². The van der Waals surface area contributed by atoms with Crippen molar-refractivity contribution in [2.45, 2.75) is 6.04 Å². The summed E-state index contributed by atoms with van der Waals surface area (Å²) in [6, 6.07) is -0.926. The molecule has 84 valence electrons. The molecule has 0 bridgehead atoms. The molecule has 0 aromatic rings. The van der Waals surface area contributed by atoms with Gasteiger partial charge in [-0.1, -0.05) is 0 Å². The lowest BCUT2D eigenvalue weighted by Crippen LogP contribution is -2.57. The highest BCUT2D eigenvalue weighted by atomic mass is 16.2. The van der Waals surface area contributed by atoms with Crippen molar-refractivity contribution >= 4 is 17.7 Å². The highest BCUT2D eigenvalue weighted by Gasteiger charge is 2.31. The monoisotopic (exact) mass is 214 g/mol. The van der Waals surface area contributed by atoms with Crippen molar-refractivity contribution in [1.82, 2.24) is 9.80 Å². The van der Waals surface area contributed by atoms with Crippen LogP contribution < -0.4 is 11.5 Å². The van der Waals surface area contributed by atoms with Crippen LogP contribution in [0.15, 0.2) is 0 Å². The second-order valence-electron chi connectivity index (χ2n) is 3.49. The van der Waals surface area contributed by atoms with E-state index in [9.17, 15) is 14.4 Å². The zero-order chi connectivity index (χ0) is 11.6. The summed E-state index contributed by atoms with van der Waals surface area (Å²) in [6.45, 7) is 0.811. The summed E-state index contributed by atoms with van der Waals surface area (Å²) in [5.41, 5.74) is 10.4. The first kappa shape index (κ1) is 11.4. The van der Waals surface area contributed by atoms with E-state index in [-0.39, 0.29) is 6.54 Å². The van der Waals surface area contributed by atoms with Crippen LogP contribution in [0.25, 0.3) is 0 Å². The lowest BCUT2D eigenvalue weighted by molar-refractivity contribution is -0.155. The number of rotatable bonds is 3. The van der Waals surface area contributed by atoms with Crippen molar-refractivity contribution in [3.63, 3.8) is 0 Å². The molecule has 0 saturated carbocycles. The van der Waals surface area contributed by atoms with Gasteiger partial charge >= 0.3 is 11.8 Å². The Kier molecular flexibility index (Phi) is 3.25. The number of hydrogen-bond donors (Lipinski definition) is 2. The van der Waals surface area contributed by atoms with E-state index in [0.717, 1.165) is 0 Å². The maximum atomic E-state index is 11.4. The lowest BCUT2D eigenvalue weighted by Gasteiger charge is -2.32. The number of carbonyl (C=O) groups excluding carboxylic acids is 3. The summed E-state index contributed by atoms with van der Waals surface area (Å²) < 4.78 is 0. The molecule has 4 N–H and O–H groups in total. The second kappa shape index (κ2) is 4.26. The molecule has 1 heterocycles. The van der Waals surface area contributed by atoms with Gasteiger partial charge in [-0.2, -0.15) is 0 Å². The van der Waals surface area contributed by atoms with Crippen LogP contribution in [0.1, 0.15) is 0 Å². The first-order chi connectivity index (χ1) is 6.93. The van der Waals surface area contributed by atoms with E-state index < -0.39 is 23.8 Å². The smallest absolute Gasteiger partial charge is 0.312 e. The first-order valence-electron chi connectivity index (χ1n) is 4.52. The zero-order valence-corrected chi connectivity index (χ0v) is 8.47. The molecule has 1 rings (SSSR count). The largest absolute Gasteiger partial charge is 0.368 e. The predicted octanol–water partition coefficient (Wildman–Crippen LogP) is -2.90. The Morgan fingerprint density at radius 3 is 2.53 bits per heavy atom. The number of piperazine rings is 1. The van der Waals surface area contributed by atoms with E-state index in [1.54, 1.807) is 7.05 Å². The standard InChI is InChI=1S/C8H14N4O3/c1-11-2-3-12(8(15)7(11)14)4-5(9)6(10)13/h5H,2-4,9H2,1H3,(H2,10,13). The van der Waals surface area contributed by atoms with Crippen LogP contribution in [0.2, 0.25) is 0 Å². The maximum Gasteiger partial charge on any atom is 0.312 e. The number of carbonyl (C=O) groups is 3. The maximum absolute atomic E-state index is 11.4. The highest BCUT2D eigenvalue weighted by Crippen LogP contribution is 2.03. The van der Waals surface area contributed by atoms with E-state index in [2.05, 4.69) is 0 Å². The van der Waals surface area contributed by atoms with E-state index in [0.29, 0.717) is 13.1 Å². The fourth-order valence-corrected chi connectivity index (χ4v) is 1.27. The Labute approximate surface area is 87.0 Å². The van der Waals surface area contributed by atoms with Gasteiger partial charge in [-0.3, -0.25) is 14.4 Å². The zero-order valence-electron chi connectivity index (χ0n) is 8.47. The molecule has 7 nitrogen and oxygen atoms in total. The van der Waals surface area contributed by atoms with Crippen LogP contribution in [0.5, 0.6) is 0 Å². The molecule has 0 aromatic heterocycles. The summed E-state index contributed by atoms with van der Waals surface area (Å²) in [4.78, 5) is 36.0. The number of nitrogens with zero attached hydrogens (tertiary/aromatic N) is 2. The minimum absolute atomic E-state index is 0.00620. The molecule has 0 radical (unpaired) electrons. The van der Waals surface area contributed by atoms with Gasteiger partial charge in [0.1, 0.15) is 6.04 Å². The third-order valence-electron chi connectivity index (χ3n) is 2.30. The summed E-state index contributed by atoms with van der Waals surface area (Å²) >= 11 is 0. The fraction of sp³-hybridized carbons (Fsp3) is 0.625. The quantitative estimate of drug-likeness (QED) is 0.491. The van der Waals surface area contributed by atoms with Crippen LogP contribution >= 0.6 is 0 Å². The Morgan fingerprint density at radius 2 is 2.00 bits per heavy atom. The Morgan fingerprint density at radius 1 is 1.40 bits per heavy atom. The summed E-state index contributed by atoms with van der Waals surface area (Å²) in [5.74, 6) is -1.91. The Balaban J connectivity index is 2.61. The van der Waals surface area contributed by atoms with Gasteiger partial charge in [0.15, 0.2) is 0 Å². The van der Waals surface area contributed by atoms with Gasteiger partial charge in [-0.25, -0.2) is 0 Å². The topological polar surface area (TPSA) is 110 Å². The van der Waals surface area contributed by atoms with E-state index in [1.807, 2.05) is 0 Å². The SMILES string of the molecule is CN1CCN(CC(N)C(N)=O)C(=O)C1=O. The Bertz CT molecular complexity index is 304. The number of primary amides is 1. The summed E-state index contributed by atoms with van der Waals surface area (Å²) in [6.07, 6.45) is 0. The molecule has 1 aliphatic heterocycles. The average molecular weight is 214 g/mol. The molecular weight excluding hydrogens is 200 g/mol. The van der Waals surface area contributed by atoms with Crippen LogP contribution in [0, 0.1) is 0 Å². The molecule has 0 aliphatic carbocycles. The molecule has 1 aliphatic rings. The normalized spacial score (nSPS) is 19.3. The van der Waals surface area contributed by atoms with Crippen molar-refractivity contribution in [2.24, 2.45) is 11.5 Å². The number of nitrogens with two attached hydrogens (primary N) is 2. The second-order valence-corrected chi connectivity index (χ2v) is 3.49. The Hall–Kier alpha value is -1.63. The van der Waals surface area contributed by atoms with Gasteiger partial charge in [0.05, 0.1) is 0 Å². The minimum Gasteiger partial charge on any atom is -0.368 e. The molecule has 1 atom stereocenters. The molecule has 1 unspecified atom stereocenters. The molecule has 15 heavy (non-hydrogen) atoms. The first-order valence-corrected chi connectivity index (χ1v) is 4.52. The number of amides is 3. The lowest BCUT2D eigenvalue weighted by atomic mass is 10.2. The van der Waals surface area contributed by atoms with Crippen molar-refractivity contribution in [3.05, 3.63) is 0 Å². The van der Waals surface area contributed by atoms with Crippen molar-refractivity contribution in [1.29, 1.82) is 0 Å². The van der Waals surface area contributed by atoms with Crippen LogP contribution in [0.4, 0.5) is 0 Å². The van der Waals surface area contributed by atoms with E-state index in [1.165, 1.54) is 9.80 Å². The van der Waals surface area contributed by atoms with Gasteiger partial charge in [-0.05, 0) is 0 Å². The van der Waals surface area contributed by atoms with Crippen LogP contribution in [-0.4, -0.2) is 60.2 Å². The van der Waals surface area contributed by atoms with Gasteiger partial charge < -0.3 is 21.3 Å².